The Morgan fingerprint density at radius 1 is 0.265 bits per heavy atom. The van der Waals surface area contributed by atoms with Crippen LogP contribution >= 0.6 is 0 Å². The first-order valence-corrected chi connectivity index (χ1v) is 23.3. The van der Waals surface area contributed by atoms with Gasteiger partial charge in [-0.3, -0.25) is 0 Å². The molecule has 3 nitrogen and oxygen atoms in total. The molecule has 0 radical (unpaired) electrons. The highest BCUT2D eigenvalue weighted by Crippen LogP contribution is 2.64. The van der Waals surface area contributed by atoms with E-state index in [1.165, 1.54) is 38.6 Å². The van der Waals surface area contributed by atoms with Crippen molar-refractivity contribution in [2.75, 3.05) is 9.80 Å². The highest BCUT2D eigenvalue weighted by molar-refractivity contribution is 6.10. The van der Waals surface area contributed by atoms with Crippen molar-refractivity contribution in [1.82, 2.24) is 0 Å². The summed E-state index contributed by atoms with van der Waals surface area (Å²) in [7, 11) is 0. The van der Waals surface area contributed by atoms with Crippen LogP contribution in [0.15, 0.2) is 267 Å². The van der Waals surface area contributed by atoms with Gasteiger partial charge in [-0.25, -0.2) is 0 Å². The third kappa shape index (κ3) is 6.28. The lowest BCUT2D eigenvalue weighted by Crippen LogP contribution is -2.32. The minimum Gasteiger partial charge on any atom is -0.457 e. The Hall–Kier alpha value is -8.92. The molecule has 0 atom stereocenters. The van der Waals surface area contributed by atoms with Crippen molar-refractivity contribution in [2.24, 2.45) is 0 Å². The smallest absolute Gasteiger partial charge is 0.132 e. The van der Waals surface area contributed by atoms with Crippen LogP contribution in [0.4, 0.5) is 34.1 Å². The van der Waals surface area contributed by atoms with E-state index in [0.29, 0.717) is 0 Å². The predicted octanol–water partition coefficient (Wildman–Crippen LogP) is 17.6. The number of para-hydroxylation sites is 6. The summed E-state index contributed by atoms with van der Waals surface area (Å²) in [4.78, 5) is 4.63. The summed E-state index contributed by atoms with van der Waals surface area (Å²) in [5.74, 6) is 1.75. The molecule has 0 N–H and O–H groups in total. The Kier molecular flexibility index (Phi) is 9.40. The third-order valence-corrected chi connectivity index (χ3v) is 13.9. The van der Waals surface area contributed by atoms with Crippen LogP contribution in [-0.2, 0) is 5.41 Å². The van der Waals surface area contributed by atoms with Crippen LogP contribution in [-0.4, -0.2) is 0 Å². The van der Waals surface area contributed by atoms with Crippen molar-refractivity contribution in [1.29, 1.82) is 0 Å². The average molecular weight is 869 g/mol. The molecule has 0 fully saturated rings. The van der Waals surface area contributed by atoms with Gasteiger partial charge >= 0.3 is 0 Å². The van der Waals surface area contributed by atoms with Crippen molar-refractivity contribution in [3.8, 4) is 44.9 Å². The van der Waals surface area contributed by atoms with Crippen LogP contribution in [0.5, 0.6) is 11.5 Å². The van der Waals surface area contributed by atoms with Gasteiger partial charge < -0.3 is 14.5 Å². The minimum atomic E-state index is -0.667. The number of hydrogen-bond donors (Lipinski definition) is 0. The van der Waals surface area contributed by atoms with Gasteiger partial charge in [-0.1, -0.05) is 170 Å². The van der Waals surface area contributed by atoms with Crippen LogP contribution < -0.4 is 14.5 Å². The number of rotatable bonds is 8. The Labute approximate surface area is 397 Å². The molecule has 1 heterocycles. The van der Waals surface area contributed by atoms with Crippen LogP contribution in [0.3, 0.4) is 0 Å². The largest absolute Gasteiger partial charge is 0.457 e. The summed E-state index contributed by atoms with van der Waals surface area (Å²) in [6.45, 7) is 0. The molecule has 1 spiro atoms. The van der Waals surface area contributed by atoms with E-state index in [1.54, 1.807) is 0 Å². The molecule has 11 aromatic rings. The molecule has 68 heavy (non-hydrogen) atoms. The lowest BCUT2D eigenvalue weighted by molar-refractivity contribution is 0.436. The van der Waals surface area contributed by atoms with Gasteiger partial charge in [0.15, 0.2) is 0 Å². The number of nitrogens with zero attached hydrogens (tertiary/aromatic N) is 2. The van der Waals surface area contributed by atoms with Gasteiger partial charge in [0.2, 0.25) is 0 Å². The van der Waals surface area contributed by atoms with Crippen molar-refractivity contribution in [3.05, 3.63) is 289 Å². The van der Waals surface area contributed by atoms with E-state index in [-0.39, 0.29) is 0 Å². The Balaban J connectivity index is 0.998. The summed E-state index contributed by atoms with van der Waals surface area (Å²) in [5.41, 5.74) is 18.0. The second-order valence-corrected chi connectivity index (χ2v) is 17.6. The summed E-state index contributed by atoms with van der Waals surface area (Å²) < 4.78 is 6.82. The fourth-order valence-corrected chi connectivity index (χ4v) is 11.0. The Bertz CT molecular complexity index is 3500. The molecule has 13 rings (SSSR count). The van der Waals surface area contributed by atoms with Gasteiger partial charge in [-0.15, -0.1) is 0 Å². The maximum Gasteiger partial charge on any atom is 0.132 e. The molecular weight excluding hydrogens is 825 g/mol. The van der Waals surface area contributed by atoms with Crippen molar-refractivity contribution in [3.63, 3.8) is 0 Å². The van der Waals surface area contributed by atoms with Crippen molar-refractivity contribution >= 4 is 44.9 Å². The van der Waals surface area contributed by atoms with E-state index >= 15 is 0 Å². The van der Waals surface area contributed by atoms with Crippen molar-refractivity contribution in [2.45, 2.75) is 5.41 Å². The maximum atomic E-state index is 6.82. The first-order valence-electron chi connectivity index (χ1n) is 23.3. The molecule has 2 aliphatic rings. The highest BCUT2D eigenvalue weighted by atomic mass is 16.5. The van der Waals surface area contributed by atoms with Crippen molar-refractivity contribution < 1.29 is 4.74 Å². The maximum absolute atomic E-state index is 6.82. The lowest BCUT2D eigenvalue weighted by atomic mass is 9.65. The van der Waals surface area contributed by atoms with E-state index in [1.807, 2.05) is 0 Å². The summed E-state index contributed by atoms with van der Waals surface area (Å²) in [6, 6.07) is 96.4. The number of ether oxygens (including phenoxy) is 1. The highest BCUT2D eigenvalue weighted by Gasteiger charge is 2.52. The van der Waals surface area contributed by atoms with Gasteiger partial charge in [0.1, 0.15) is 11.5 Å². The van der Waals surface area contributed by atoms with Gasteiger partial charge in [0.25, 0.3) is 0 Å². The molecule has 0 aromatic heterocycles. The number of benzene rings is 11. The van der Waals surface area contributed by atoms with Gasteiger partial charge in [-0.2, -0.15) is 0 Å². The Morgan fingerprint density at radius 3 is 1.16 bits per heavy atom. The molecule has 11 aromatic carbocycles. The zero-order chi connectivity index (χ0) is 45.0. The number of hydrogen-bond acceptors (Lipinski definition) is 3. The molecule has 0 bridgehead atoms. The quantitative estimate of drug-likeness (QED) is 0.151. The van der Waals surface area contributed by atoms with E-state index in [2.05, 4.69) is 277 Å². The average Bonchev–Trinajstić information content (AvgIpc) is 3.70. The lowest BCUT2D eigenvalue weighted by Gasteiger charge is -2.39. The first-order chi connectivity index (χ1) is 33.7. The zero-order valence-electron chi connectivity index (χ0n) is 37.2. The molecule has 0 saturated heterocycles. The zero-order valence-corrected chi connectivity index (χ0v) is 37.2. The number of fused-ring (bicyclic) bond motifs is 11. The SMILES string of the molecule is c1ccc(N(c2ccccc2)c2ccc(-c3ccc4c(c3)C3(c5ccccc5Oc5ccccc53)c3cc(-c5ccc(N(c6ccccc6)c6ccccc6)cc5)c5ccccc5c3-4)cc2)cc1. The monoisotopic (exact) mass is 868 g/mol. The normalized spacial score (nSPS) is 12.6. The summed E-state index contributed by atoms with van der Waals surface area (Å²) >= 11 is 0. The minimum absolute atomic E-state index is 0.667. The molecule has 320 valence electrons. The van der Waals surface area contributed by atoms with Crippen LogP contribution in [0.2, 0.25) is 0 Å². The van der Waals surface area contributed by atoms with Crippen LogP contribution in [0.25, 0.3) is 44.2 Å². The first kappa shape index (κ1) is 39.4. The second-order valence-electron chi connectivity index (χ2n) is 17.6. The molecule has 0 amide bonds. The summed E-state index contributed by atoms with van der Waals surface area (Å²) in [5, 5.41) is 2.46. The van der Waals surface area contributed by atoms with Crippen LogP contribution in [0.1, 0.15) is 22.3 Å². The number of anilines is 6. The Morgan fingerprint density at radius 2 is 0.662 bits per heavy atom. The fourth-order valence-electron chi connectivity index (χ4n) is 11.0. The summed E-state index contributed by atoms with van der Waals surface area (Å²) in [6.07, 6.45) is 0. The molecule has 3 heteroatoms. The van der Waals surface area contributed by atoms with E-state index in [9.17, 15) is 0 Å². The topological polar surface area (TPSA) is 15.7 Å². The second kappa shape index (κ2) is 16.2. The van der Waals surface area contributed by atoms with E-state index in [0.717, 1.165) is 73.4 Å². The molecule has 0 unspecified atom stereocenters. The van der Waals surface area contributed by atoms with Gasteiger partial charge in [0, 0.05) is 45.3 Å². The predicted molar refractivity (Wildman–Crippen MR) is 282 cm³/mol. The van der Waals surface area contributed by atoms with Crippen LogP contribution in [0, 0.1) is 0 Å². The molecular formula is C65H44N2O. The fraction of sp³-hybridized carbons (Fsp3) is 0.0154. The molecule has 1 aliphatic heterocycles. The molecule has 1 aliphatic carbocycles. The standard InChI is InChI=1S/C65H44N2O/c1-5-19-48(20-6-1)66(49-21-7-2-8-22-49)52-38-33-45(34-39-52)47-37-42-56-60(43-47)65(58-29-15-17-31-62(58)68-63-32-18-16-30-59(63)65)61-44-57(54-27-13-14-28-55(54)64(56)61)46-35-40-53(41-36-46)67(50-23-9-3-10-24-50)51-25-11-4-12-26-51/h1-44H. The third-order valence-electron chi connectivity index (χ3n) is 13.9. The van der Waals surface area contributed by atoms with E-state index in [4.69, 9.17) is 4.74 Å². The molecule has 0 saturated carbocycles. The van der Waals surface area contributed by atoms with Gasteiger partial charge in [-0.05, 0) is 152 Å². The van der Waals surface area contributed by atoms with Gasteiger partial charge in [0.05, 0.1) is 5.41 Å². The van der Waals surface area contributed by atoms with E-state index < -0.39 is 5.41 Å².